The summed E-state index contributed by atoms with van der Waals surface area (Å²) in [6.07, 6.45) is 2.96. The maximum absolute atomic E-state index is 10.6. The fourth-order valence-electron chi connectivity index (χ4n) is 1.99. The highest BCUT2D eigenvalue weighted by atomic mass is 16.3. The van der Waals surface area contributed by atoms with Crippen molar-refractivity contribution >= 4 is 0 Å². The SMILES string of the molecule is CCc1ccc(C(C)(O)Cc2ncnn2C)cc1. The van der Waals surface area contributed by atoms with Crippen LogP contribution in [0.15, 0.2) is 30.6 Å². The fraction of sp³-hybridized carbons (Fsp3) is 0.429. The Bertz CT molecular complexity index is 514. The highest BCUT2D eigenvalue weighted by Crippen LogP contribution is 2.24. The maximum atomic E-state index is 10.6. The number of hydrogen-bond acceptors (Lipinski definition) is 3. The summed E-state index contributed by atoms with van der Waals surface area (Å²) in [5, 5.41) is 14.6. The van der Waals surface area contributed by atoms with Crippen molar-refractivity contribution in [3.05, 3.63) is 47.5 Å². The molecule has 2 rings (SSSR count). The highest BCUT2D eigenvalue weighted by Gasteiger charge is 2.25. The molecule has 0 amide bonds. The van der Waals surface area contributed by atoms with E-state index < -0.39 is 5.60 Å². The molecule has 1 aromatic heterocycles. The quantitative estimate of drug-likeness (QED) is 0.894. The molecule has 0 radical (unpaired) electrons. The van der Waals surface area contributed by atoms with E-state index in [4.69, 9.17) is 0 Å². The second kappa shape index (κ2) is 4.90. The largest absolute Gasteiger partial charge is 0.385 e. The molecule has 4 heteroatoms. The molecule has 18 heavy (non-hydrogen) atoms. The van der Waals surface area contributed by atoms with Gasteiger partial charge in [-0.15, -0.1) is 0 Å². The minimum absolute atomic E-state index is 0.453. The first-order valence-corrected chi connectivity index (χ1v) is 6.17. The van der Waals surface area contributed by atoms with Crippen molar-refractivity contribution in [2.75, 3.05) is 0 Å². The number of aryl methyl sites for hydroxylation is 2. The zero-order valence-electron chi connectivity index (χ0n) is 11.1. The lowest BCUT2D eigenvalue weighted by atomic mass is 9.91. The molecule has 1 N–H and O–H groups in total. The standard InChI is InChI=1S/C14H19N3O/c1-4-11-5-7-12(8-6-11)14(2,18)9-13-15-10-16-17(13)3/h5-8,10,18H,4,9H2,1-3H3. The van der Waals surface area contributed by atoms with Gasteiger partial charge in [0, 0.05) is 13.5 Å². The van der Waals surface area contributed by atoms with Crippen molar-refractivity contribution in [1.29, 1.82) is 0 Å². The Balaban J connectivity index is 2.21. The maximum Gasteiger partial charge on any atom is 0.138 e. The number of benzene rings is 1. The number of hydrogen-bond donors (Lipinski definition) is 1. The van der Waals surface area contributed by atoms with Gasteiger partial charge in [0.1, 0.15) is 12.2 Å². The summed E-state index contributed by atoms with van der Waals surface area (Å²) < 4.78 is 1.69. The second-order valence-corrected chi connectivity index (χ2v) is 4.80. The Labute approximate surface area is 107 Å². The lowest BCUT2D eigenvalue weighted by molar-refractivity contribution is 0.0545. The van der Waals surface area contributed by atoms with E-state index in [0.717, 1.165) is 17.8 Å². The lowest BCUT2D eigenvalue weighted by Crippen LogP contribution is -2.26. The van der Waals surface area contributed by atoms with E-state index >= 15 is 0 Å². The monoisotopic (exact) mass is 245 g/mol. The summed E-state index contributed by atoms with van der Waals surface area (Å²) in [5.41, 5.74) is 1.25. The molecule has 1 unspecified atom stereocenters. The first-order valence-electron chi connectivity index (χ1n) is 6.17. The van der Waals surface area contributed by atoms with Gasteiger partial charge in [0.05, 0.1) is 5.60 Å². The van der Waals surface area contributed by atoms with Crippen LogP contribution in [0.3, 0.4) is 0 Å². The van der Waals surface area contributed by atoms with Crippen LogP contribution in [0.1, 0.15) is 30.8 Å². The minimum Gasteiger partial charge on any atom is -0.385 e. The second-order valence-electron chi connectivity index (χ2n) is 4.80. The van der Waals surface area contributed by atoms with Gasteiger partial charge in [-0.1, -0.05) is 31.2 Å². The third-order valence-corrected chi connectivity index (χ3v) is 3.29. The Morgan fingerprint density at radius 2 is 1.94 bits per heavy atom. The summed E-state index contributed by atoms with van der Waals surface area (Å²) in [4.78, 5) is 4.15. The van der Waals surface area contributed by atoms with Crippen molar-refractivity contribution in [2.45, 2.75) is 32.3 Å². The van der Waals surface area contributed by atoms with Crippen LogP contribution in [0.25, 0.3) is 0 Å². The number of nitrogens with zero attached hydrogens (tertiary/aromatic N) is 3. The van der Waals surface area contributed by atoms with E-state index in [1.54, 1.807) is 4.68 Å². The molecular formula is C14H19N3O. The van der Waals surface area contributed by atoms with E-state index in [-0.39, 0.29) is 0 Å². The predicted octanol–water partition coefficient (Wildman–Crippen LogP) is 1.83. The van der Waals surface area contributed by atoms with Gasteiger partial charge < -0.3 is 5.11 Å². The van der Waals surface area contributed by atoms with Crippen LogP contribution >= 0.6 is 0 Å². The van der Waals surface area contributed by atoms with Crippen LogP contribution in [-0.2, 0) is 25.5 Å². The normalized spacial score (nSPS) is 14.4. The molecule has 2 aromatic rings. The molecule has 0 aliphatic carbocycles. The van der Waals surface area contributed by atoms with E-state index in [1.807, 2.05) is 26.1 Å². The zero-order chi connectivity index (χ0) is 13.2. The predicted molar refractivity (Wildman–Crippen MR) is 70.1 cm³/mol. The lowest BCUT2D eigenvalue weighted by Gasteiger charge is -2.23. The topological polar surface area (TPSA) is 50.9 Å². The number of aromatic nitrogens is 3. The smallest absolute Gasteiger partial charge is 0.138 e. The molecule has 0 bridgehead atoms. The van der Waals surface area contributed by atoms with E-state index in [1.165, 1.54) is 11.9 Å². The molecule has 1 aromatic carbocycles. The summed E-state index contributed by atoms with van der Waals surface area (Å²) in [5.74, 6) is 0.777. The summed E-state index contributed by atoms with van der Waals surface area (Å²) in [6, 6.07) is 8.07. The third kappa shape index (κ3) is 2.59. The highest BCUT2D eigenvalue weighted by molar-refractivity contribution is 5.27. The first kappa shape index (κ1) is 12.8. The van der Waals surface area contributed by atoms with Crippen LogP contribution in [-0.4, -0.2) is 19.9 Å². The number of aliphatic hydroxyl groups is 1. The van der Waals surface area contributed by atoms with Crippen LogP contribution in [0.2, 0.25) is 0 Å². The molecular weight excluding hydrogens is 226 g/mol. The third-order valence-electron chi connectivity index (χ3n) is 3.29. The molecule has 0 saturated carbocycles. The van der Waals surface area contributed by atoms with Gasteiger partial charge in [-0.3, -0.25) is 4.68 Å². The molecule has 4 nitrogen and oxygen atoms in total. The van der Waals surface area contributed by atoms with Crippen molar-refractivity contribution in [2.24, 2.45) is 7.05 Å². The van der Waals surface area contributed by atoms with Crippen LogP contribution in [0.4, 0.5) is 0 Å². The molecule has 0 aliphatic rings. The van der Waals surface area contributed by atoms with E-state index in [0.29, 0.717) is 6.42 Å². The molecule has 1 heterocycles. The summed E-state index contributed by atoms with van der Waals surface area (Å²) in [7, 11) is 1.83. The summed E-state index contributed by atoms with van der Waals surface area (Å²) >= 11 is 0. The van der Waals surface area contributed by atoms with Gasteiger partial charge in [0.15, 0.2) is 0 Å². The Morgan fingerprint density at radius 3 is 2.44 bits per heavy atom. The molecule has 0 fully saturated rings. The molecule has 1 atom stereocenters. The molecule has 0 spiro atoms. The minimum atomic E-state index is -0.924. The average Bonchev–Trinajstić information content (AvgIpc) is 2.74. The van der Waals surface area contributed by atoms with Gasteiger partial charge in [0.2, 0.25) is 0 Å². The average molecular weight is 245 g/mol. The van der Waals surface area contributed by atoms with Gasteiger partial charge in [0.25, 0.3) is 0 Å². The van der Waals surface area contributed by atoms with Gasteiger partial charge in [-0.2, -0.15) is 5.10 Å². The van der Waals surface area contributed by atoms with Crippen molar-refractivity contribution in [3.63, 3.8) is 0 Å². The molecule has 96 valence electrons. The van der Waals surface area contributed by atoms with Crippen LogP contribution < -0.4 is 0 Å². The van der Waals surface area contributed by atoms with Gasteiger partial charge >= 0.3 is 0 Å². The Morgan fingerprint density at radius 1 is 1.28 bits per heavy atom. The van der Waals surface area contributed by atoms with Crippen molar-refractivity contribution in [1.82, 2.24) is 14.8 Å². The van der Waals surface area contributed by atoms with Crippen LogP contribution in [0.5, 0.6) is 0 Å². The van der Waals surface area contributed by atoms with E-state index in [2.05, 4.69) is 29.1 Å². The Hall–Kier alpha value is -1.68. The summed E-state index contributed by atoms with van der Waals surface area (Å²) in [6.45, 7) is 3.93. The Kier molecular flexibility index (Phi) is 3.48. The van der Waals surface area contributed by atoms with Gasteiger partial charge in [-0.25, -0.2) is 4.98 Å². The van der Waals surface area contributed by atoms with Crippen LogP contribution in [0, 0.1) is 0 Å². The molecule has 0 aliphatic heterocycles. The van der Waals surface area contributed by atoms with E-state index in [9.17, 15) is 5.11 Å². The first-order chi connectivity index (χ1) is 8.53. The molecule has 0 saturated heterocycles. The fourth-order valence-corrected chi connectivity index (χ4v) is 1.99. The van der Waals surface area contributed by atoms with Crippen molar-refractivity contribution < 1.29 is 5.11 Å². The zero-order valence-corrected chi connectivity index (χ0v) is 11.1. The number of rotatable bonds is 4. The van der Waals surface area contributed by atoms with Gasteiger partial charge in [-0.05, 0) is 24.5 Å². The van der Waals surface area contributed by atoms with Crippen molar-refractivity contribution in [3.8, 4) is 0 Å².